The van der Waals surface area contributed by atoms with Crippen LogP contribution in [-0.2, 0) is 11.0 Å². The molecule has 2 aliphatic rings. The van der Waals surface area contributed by atoms with Crippen molar-refractivity contribution in [1.82, 2.24) is 15.1 Å². The molecule has 1 N–H and O–H groups in total. The van der Waals surface area contributed by atoms with Crippen molar-refractivity contribution < 1.29 is 27.5 Å². The van der Waals surface area contributed by atoms with Crippen LogP contribution in [0.2, 0.25) is 0 Å². The Morgan fingerprint density at radius 2 is 1.70 bits per heavy atom. The van der Waals surface area contributed by atoms with Crippen LogP contribution in [0.25, 0.3) is 22.9 Å². The summed E-state index contributed by atoms with van der Waals surface area (Å²) in [6.45, 7) is 2.14. The largest absolute Gasteiger partial charge is 0.481 e. The fourth-order valence-corrected chi connectivity index (χ4v) is 5.65. The van der Waals surface area contributed by atoms with Crippen LogP contribution in [0.5, 0.6) is 0 Å². The monoisotopic (exact) mass is 513 g/mol. The van der Waals surface area contributed by atoms with Gasteiger partial charge in [0, 0.05) is 24.2 Å². The number of halogens is 3. The van der Waals surface area contributed by atoms with Crippen LogP contribution in [0.1, 0.15) is 73.5 Å². The second kappa shape index (κ2) is 10.7. The minimum absolute atomic E-state index is 0.0572. The molecule has 3 aromatic rings. The van der Waals surface area contributed by atoms with Crippen molar-refractivity contribution in [2.24, 2.45) is 0 Å². The molecule has 2 fully saturated rings. The summed E-state index contributed by atoms with van der Waals surface area (Å²) in [5, 5.41) is 17.1. The second-order valence-electron chi connectivity index (χ2n) is 10.1. The standard InChI is InChI=1S/C28H30F3N3O3/c29-28(30,31)24-16-21(9-10-23(24)18-5-2-1-3-6-18)27-33-32-26(37-27)20-8-4-7-19(15-20)22-11-13-34(17-22)14-12-25(35)36/h4,7-10,15-16,18,22H,1-3,5-6,11-14,17H2,(H,35,36). The molecule has 1 unspecified atom stereocenters. The van der Waals surface area contributed by atoms with Crippen LogP contribution >= 0.6 is 0 Å². The molecule has 1 aromatic heterocycles. The summed E-state index contributed by atoms with van der Waals surface area (Å²) in [7, 11) is 0. The Balaban J connectivity index is 1.36. The van der Waals surface area contributed by atoms with Crippen molar-refractivity contribution in [2.75, 3.05) is 19.6 Å². The first-order valence-corrected chi connectivity index (χ1v) is 12.9. The molecule has 0 radical (unpaired) electrons. The van der Waals surface area contributed by atoms with Gasteiger partial charge >= 0.3 is 12.1 Å². The van der Waals surface area contributed by atoms with Gasteiger partial charge in [-0.1, -0.05) is 37.5 Å². The van der Waals surface area contributed by atoms with Crippen LogP contribution in [0.3, 0.4) is 0 Å². The van der Waals surface area contributed by atoms with Crippen molar-refractivity contribution in [2.45, 2.75) is 63.0 Å². The summed E-state index contributed by atoms with van der Waals surface area (Å²) in [6.07, 6.45) is 1.13. The highest BCUT2D eigenvalue weighted by Crippen LogP contribution is 2.42. The van der Waals surface area contributed by atoms with Gasteiger partial charge in [-0.05, 0) is 73.0 Å². The minimum atomic E-state index is -4.46. The van der Waals surface area contributed by atoms with Gasteiger partial charge in [-0.2, -0.15) is 13.2 Å². The van der Waals surface area contributed by atoms with Gasteiger partial charge in [0.05, 0.1) is 12.0 Å². The topological polar surface area (TPSA) is 79.5 Å². The highest BCUT2D eigenvalue weighted by Gasteiger charge is 2.36. The first-order chi connectivity index (χ1) is 17.8. The third-order valence-corrected chi connectivity index (χ3v) is 7.59. The summed E-state index contributed by atoms with van der Waals surface area (Å²) in [4.78, 5) is 13.0. The Kier molecular flexibility index (Phi) is 7.33. The quantitative estimate of drug-likeness (QED) is 0.377. The number of nitrogens with zero attached hydrogens (tertiary/aromatic N) is 3. The summed E-state index contributed by atoms with van der Waals surface area (Å²) >= 11 is 0. The lowest BCUT2D eigenvalue weighted by Crippen LogP contribution is -2.23. The number of likely N-dealkylation sites (tertiary alicyclic amines) is 1. The van der Waals surface area contributed by atoms with Gasteiger partial charge in [0.15, 0.2) is 0 Å². The molecule has 5 rings (SSSR count). The van der Waals surface area contributed by atoms with Crippen molar-refractivity contribution in [3.8, 4) is 22.9 Å². The third kappa shape index (κ3) is 5.87. The number of rotatable bonds is 7. The van der Waals surface area contributed by atoms with Gasteiger partial charge in [0.1, 0.15) is 0 Å². The summed E-state index contributed by atoms with van der Waals surface area (Å²) < 4.78 is 47.8. The van der Waals surface area contributed by atoms with Crippen molar-refractivity contribution >= 4 is 5.97 Å². The summed E-state index contributed by atoms with van der Waals surface area (Å²) in [5.41, 5.74) is 1.79. The van der Waals surface area contributed by atoms with E-state index in [4.69, 9.17) is 9.52 Å². The van der Waals surface area contributed by atoms with Crippen LogP contribution in [0.4, 0.5) is 13.2 Å². The van der Waals surface area contributed by atoms with Gasteiger partial charge in [-0.15, -0.1) is 10.2 Å². The number of aliphatic carboxylic acids is 1. The molecule has 2 aromatic carbocycles. The van der Waals surface area contributed by atoms with Crippen LogP contribution in [-0.4, -0.2) is 45.8 Å². The molecule has 2 heterocycles. The molecule has 0 bridgehead atoms. The van der Waals surface area contributed by atoms with Crippen LogP contribution < -0.4 is 0 Å². The number of carboxylic acid groups (broad SMARTS) is 1. The Bertz CT molecular complexity index is 1250. The fourth-order valence-electron chi connectivity index (χ4n) is 5.65. The molecule has 1 aliphatic heterocycles. The molecule has 37 heavy (non-hydrogen) atoms. The molecule has 9 heteroatoms. The normalized spacial score (nSPS) is 19.4. The lowest BCUT2D eigenvalue weighted by molar-refractivity contribution is -0.139. The number of aromatic nitrogens is 2. The molecule has 1 atom stereocenters. The van der Waals surface area contributed by atoms with E-state index in [1.54, 1.807) is 12.1 Å². The van der Waals surface area contributed by atoms with E-state index in [0.29, 0.717) is 17.7 Å². The van der Waals surface area contributed by atoms with E-state index in [1.807, 2.05) is 24.3 Å². The van der Waals surface area contributed by atoms with E-state index in [2.05, 4.69) is 15.1 Å². The molecule has 0 spiro atoms. The lowest BCUT2D eigenvalue weighted by Gasteiger charge is -2.25. The Hall–Kier alpha value is -3.20. The third-order valence-electron chi connectivity index (χ3n) is 7.59. The predicted molar refractivity (Wildman–Crippen MR) is 132 cm³/mol. The Morgan fingerprint density at radius 1 is 0.973 bits per heavy atom. The van der Waals surface area contributed by atoms with Gasteiger partial charge in [0.2, 0.25) is 11.8 Å². The van der Waals surface area contributed by atoms with E-state index in [9.17, 15) is 18.0 Å². The molecular formula is C28H30F3N3O3. The Morgan fingerprint density at radius 3 is 2.41 bits per heavy atom. The number of carbonyl (C=O) groups is 1. The number of hydrogen-bond donors (Lipinski definition) is 1. The zero-order chi connectivity index (χ0) is 26.0. The van der Waals surface area contributed by atoms with E-state index < -0.39 is 17.7 Å². The lowest BCUT2D eigenvalue weighted by atomic mass is 9.81. The maximum absolute atomic E-state index is 14.0. The second-order valence-corrected chi connectivity index (χ2v) is 10.1. The molecular weight excluding hydrogens is 483 g/mol. The van der Waals surface area contributed by atoms with E-state index in [1.165, 1.54) is 0 Å². The number of carboxylic acids is 1. The molecule has 1 aliphatic carbocycles. The smallest absolute Gasteiger partial charge is 0.416 e. The molecule has 6 nitrogen and oxygen atoms in total. The number of alkyl halides is 3. The molecule has 1 saturated heterocycles. The van der Waals surface area contributed by atoms with Gasteiger partial charge in [-0.25, -0.2) is 0 Å². The Labute approximate surface area is 213 Å². The highest BCUT2D eigenvalue weighted by molar-refractivity contribution is 5.66. The minimum Gasteiger partial charge on any atom is -0.481 e. The summed E-state index contributed by atoms with van der Waals surface area (Å²) in [6, 6.07) is 12.1. The number of benzene rings is 2. The van der Waals surface area contributed by atoms with Crippen molar-refractivity contribution in [3.05, 3.63) is 59.2 Å². The van der Waals surface area contributed by atoms with Crippen LogP contribution in [0, 0.1) is 0 Å². The molecule has 1 saturated carbocycles. The average Bonchev–Trinajstić information content (AvgIpc) is 3.58. The zero-order valence-corrected chi connectivity index (χ0v) is 20.5. The van der Waals surface area contributed by atoms with Crippen LogP contribution in [0.15, 0.2) is 46.9 Å². The predicted octanol–water partition coefficient (Wildman–Crippen LogP) is 6.73. The first-order valence-electron chi connectivity index (χ1n) is 12.9. The fraction of sp³-hybridized carbons (Fsp3) is 0.464. The average molecular weight is 514 g/mol. The summed E-state index contributed by atoms with van der Waals surface area (Å²) in [5.74, 6) is -0.304. The highest BCUT2D eigenvalue weighted by atomic mass is 19.4. The number of hydrogen-bond acceptors (Lipinski definition) is 5. The zero-order valence-electron chi connectivity index (χ0n) is 20.5. The van der Waals surface area contributed by atoms with Gasteiger partial charge < -0.3 is 14.4 Å². The SMILES string of the molecule is O=C(O)CCN1CCC(c2cccc(-c3nnc(-c4ccc(C5CCCCC5)c(C(F)(F)F)c4)o3)c2)C1. The van der Waals surface area contributed by atoms with Gasteiger partial charge in [0.25, 0.3) is 0 Å². The van der Waals surface area contributed by atoms with Crippen molar-refractivity contribution in [1.29, 1.82) is 0 Å². The van der Waals surface area contributed by atoms with E-state index in [-0.39, 0.29) is 35.6 Å². The van der Waals surface area contributed by atoms with Crippen molar-refractivity contribution in [3.63, 3.8) is 0 Å². The first kappa shape index (κ1) is 25.4. The maximum Gasteiger partial charge on any atom is 0.416 e. The van der Waals surface area contributed by atoms with E-state index >= 15 is 0 Å². The maximum atomic E-state index is 14.0. The van der Waals surface area contributed by atoms with Gasteiger partial charge in [-0.3, -0.25) is 4.79 Å². The van der Waals surface area contributed by atoms with E-state index in [0.717, 1.165) is 63.2 Å². The molecule has 196 valence electrons. The molecule has 0 amide bonds.